The Balaban J connectivity index is 1.70. The van der Waals surface area contributed by atoms with Crippen LogP contribution in [0.5, 0.6) is 0 Å². The number of nitrogens with zero attached hydrogens (tertiary/aromatic N) is 2. The molecule has 3 heterocycles. The first-order valence-corrected chi connectivity index (χ1v) is 11.6. The van der Waals surface area contributed by atoms with E-state index in [1.807, 2.05) is 18.2 Å². The fourth-order valence-corrected chi connectivity index (χ4v) is 5.12. The second-order valence-electron chi connectivity index (χ2n) is 7.78. The van der Waals surface area contributed by atoms with E-state index in [0.717, 1.165) is 22.2 Å². The Bertz CT molecular complexity index is 1430. The number of Topliss-reactive ketones (excluding diaryl/α,β-unsaturated/α-hetero) is 1. The number of rotatable bonds is 4. The summed E-state index contributed by atoms with van der Waals surface area (Å²) in [6.07, 6.45) is 0.875. The number of thiazole rings is 1. The summed E-state index contributed by atoms with van der Waals surface area (Å²) >= 11 is 7.29. The maximum atomic E-state index is 13.2. The number of carbonyl (C=O) groups excluding carboxylic acids is 2. The monoisotopic (exact) mass is 478 g/mol. The van der Waals surface area contributed by atoms with Crippen LogP contribution in [0.25, 0.3) is 16.0 Å². The number of benzene rings is 2. The molecule has 1 unspecified atom stereocenters. The Hall–Kier alpha value is -3.42. The van der Waals surface area contributed by atoms with E-state index in [0.29, 0.717) is 27.2 Å². The number of furan rings is 1. The predicted octanol–water partition coefficient (Wildman–Crippen LogP) is 6.04. The molecule has 166 valence electrons. The molecule has 6 nitrogen and oxygen atoms in total. The van der Waals surface area contributed by atoms with Gasteiger partial charge in [-0.2, -0.15) is 0 Å². The van der Waals surface area contributed by atoms with Crippen LogP contribution in [0, 0.1) is 6.92 Å². The third-order valence-corrected chi connectivity index (χ3v) is 6.92. The summed E-state index contributed by atoms with van der Waals surface area (Å²) < 4.78 is 6.74. The number of ketones is 1. The van der Waals surface area contributed by atoms with Crippen molar-refractivity contribution in [2.45, 2.75) is 26.3 Å². The lowest BCUT2D eigenvalue weighted by molar-refractivity contribution is -0.132. The van der Waals surface area contributed by atoms with Crippen LogP contribution >= 0.6 is 22.9 Å². The molecular weight excluding hydrogens is 460 g/mol. The predicted molar refractivity (Wildman–Crippen MR) is 129 cm³/mol. The van der Waals surface area contributed by atoms with Gasteiger partial charge in [-0.05, 0) is 67.4 Å². The molecule has 0 saturated carbocycles. The molecule has 1 amide bonds. The minimum absolute atomic E-state index is 0.0508. The minimum atomic E-state index is -0.944. The quantitative estimate of drug-likeness (QED) is 0.219. The maximum Gasteiger partial charge on any atom is 0.302 e. The largest absolute Gasteiger partial charge is 0.507 e. The van der Waals surface area contributed by atoms with Gasteiger partial charge in [0.15, 0.2) is 5.13 Å². The number of aryl methyl sites for hydroxylation is 2. The number of fused-ring (bicyclic) bond motifs is 1. The van der Waals surface area contributed by atoms with Gasteiger partial charge >= 0.3 is 5.91 Å². The van der Waals surface area contributed by atoms with E-state index >= 15 is 0 Å². The minimum Gasteiger partial charge on any atom is -0.507 e. The molecule has 1 atom stereocenters. The van der Waals surface area contributed by atoms with Gasteiger partial charge in [0.25, 0.3) is 5.78 Å². The van der Waals surface area contributed by atoms with Gasteiger partial charge in [0, 0.05) is 10.6 Å². The summed E-state index contributed by atoms with van der Waals surface area (Å²) in [6, 6.07) is 14.9. The van der Waals surface area contributed by atoms with Crippen molar-refractivity contribution >= 4 is 55.7 Å². The van der Waals surface area contributed by atoms with E-state index in [1.165, 1.54) is 16.2 Å². The van der Waals surface area contributed by atoms with Crippen LogP contribution in [0.15, 0.2) is 64.6 Å². The second-order valence-corrected chi connectivity index (χ2v) is 9.22. The van der Waals surface area contributed by atoms with E-state index in [9.17, 15) is 14.7 Å². The van der Waals surface area contributed by atoms with Crippen molar-refractivity contribution in [3.8, 4) is 0 Å². The highest BCUT2D eigenvalue weighted by Crippen LogP contribution is 2.44. The number of amides is 1. The Labute approximate surface area is 198 Å². The zero-order valence-corrected chi connectivity index (χ0v) is 19.4. The van der Waals surface area contributed by atoms with Gasteiger partial charge in [-0.25, -0.2) is 4.98 Å². The van der Waals surface area contributed by atoms with Crippen molar-refractivity contribution in [3.05, 3.63) is 87.8 Å². The SMILES string of the molecule is CCc1ccc2nc(N3C(=O)C(=O)C(=C(O)c4ccc(Cl)cc4)C3c3ccc(C)o3)sc2c1. The normalized spacial score (nSPS) is 17.9. The van der Waals surface area contributed by atoms with Crippen molar-refractivity contribution in [1.29, 1.82) is 0 Å². The first kappa shape index (κ1) is 21.4. The average Bonchev–Trinajstić information content (AvgIpc) is 3.49. The molecule has 0 spiro atoms. The molecule has 1 aliphatic heterocycles. The number of halogens is 1. The first-order valence-electron chi connectivity index (χ1n) is 10.4. The molecule has 4 aromatic rings. The van der Waals surface area contributed by atoms with E-state index in [-0.39, 0.29) is 11.3 Å². The topological polar surface area (TPSA) is 83.6 Å². The van der Waals surface area contributed by atoms with Crippen LogP contribution in [0.1, 0.15) is 35.6 Å². The number of aliphatic hydroxyl groups excluding tert-OH is 1. The summed E-state index contributed by atoms with van der Waals surface area (Å²) in [5, 5.41) is 12.0. The molecule has 2 aromatic heterocycles. The molecule has 1 fully saturated rings. The molecule has 1 N–H and O–H groups in total. The molecule has 0 bridgehead atoms. The van der Waals surface area contributed by atoms with E-state index in [4.69, 9.17) is 16.0 Å². The van der Waals surface area contributed by atoms with Crippen LogP contribution in [0.3, 0.4) is 0 Å². The molecule has 5 rings (SSSR count). The summed E-state index contributed by atoms with van der Waals surface area (Å²) in [7, 11) is 0. The van der Waals surface area contributed by atoms with Crippen LogP contribution in [0.2, 0.25) is 5.02 Å². The van der Waals surface area contributed by atoms with Crippen LogP contribution in [0.4, 0.5) is 5.13 Å². The van der Waals surface area contributed by atoms with Crippen molar-refractivity contribution in [1.82, 2.24) is 4.98 Å². The number of carbonyl (C=O) groups is 2. The van der Waals surface area contributed by atoms with E-state index < -0.39 is 17.7 Å². The summed E-state index contributed by atoms with van der Waals surface area (Å²) in [5.74, 6) is -0.857. The lowest BCUT2D eigenvalue weighted by Crippen LogP contribution is -2.29. The van der Waals surface area contributed by atoms with Crippen LogP contribution < -0.4 is 4.90 Å². The van der Waals surface area contributed by atoms with Crippen LogP contribution in [-0.4, -0.2) is 21.8 Å². The number of aliphatic hydroxyl groups is 1. The fourth-order valence-electron chi connectivity index (χ4n) is 3.94. The highest BCUT2D eigenvalue weighted by Gasteiger charge is 2.49. The lowest BCUT2D eigenvalue weighted by Gasteiger charge is -2.20. The number of anilines is 1. The van der Waals surface area contributed by atoms with E-state index in [1.54, 1.807) is 43.3 Å². The molecule has 2 aromatic carbocycles. The van der Waals surface area contributed by atoms with Gasteiger partial charge < -0.3 is 9.52 Å². The maximum absolute atomic E-state index is 13.2. The van der Waals surface area contributed by atoms with Crippen LogP contribution in [-0.2, 0) is 16.0 Å². The molecule has 33 heavy (non-hydrogen) atoms. The highest BCUT2D eigenvalue weighted by atomic mass is 35.5. The summed E-state index contributed by atoms with van der Waals surface area (Å²) in [4.78, 5) is 32.3. The molecule has 0 aliphatic carbocycles. The van der Waals surface area contributed by atoms with Crippen molar-refractivity contribution in [2.75, 3.05) is 4.90 Å². The van der Waals surface area contributed by atoms with E-state index in [2.05, 4.69) is 11.9 Å². The molecule has 1 aliphatic rings. The Morgan fingerprint density at radius 2 is 1.91 bits per heavy atom. The van der Waals surface area contributed by atoms with Crippen molar-refractivity contribution < 1.29 is 19.1 Å². The third-order valence-electron chi connectivity index (χ3n) is 5.65. The second kappa shape index (κ2) is 8.17. The number of hydrogen-bond acceptors (Lipinski definition) is 6. The number of hydrogen-bond donors (Lipinski definition) is 1. The lowest BCUT2D eigenvalue weighted by atomic mass is 9.99. The zero-order chi connectivity index (χ0) is 23.3. The smallest absolute Gasteiger partial charge is 0.302 e. The standard InChI is InChI=1S/C25H19ClN2O4S/c1-3-14-5-10-17-19(12-14)33-25(27-17)28-21(18-11-4-13(2)32-18)20(23(30)24(28)31)22(29)15-6-8-16(26)9-7-15/h4-12,21,29H,3H2,1-2H3. The Morgan fingerprint density at radius 1 is 1.15 bits per heavy atom. The van der Waals surface area contributed by atoms with Gasteiger partial charge in [-0.1, -0.05) is 35.9 Å². The van der Waals surface area contributed by atoms with Gasteiger partial charge in [0.2, 0.25) is 0 Å². The molecule has 8 heteroatoms. The highest BCUT2D eigenvalue weighted by molar-refractivity contribution is 7.22. The molecule has 1 saturated heterocycles. The summed E-state index contributed by atoms with van der Waals surface area (Å²) in [5.41, 5.74) is 2.22. The average molecular weight is 479 g/mol. The fraction of sp³-hybridized carbons (Fsp3) is 0.160. The third kappa shape index (κ3) is 3.63. The van der Waals surface area contributed by atoms with Crippen molar-refractivity contribution in [3.63, 3.8) is 0 Å². The zero-order valence-electron chi connectivity index (χ0n) is 17.8. The number of aromatic nitrogens is 1. The Kier molecular flexibility index (Phi) is 5.31. The van der Waals surface area contributed by atoms with Gasteiger partial charge in [0.1, 0.15) is 23.3 Å². The Morgan fingerprint density at radius 3 is 2.58 bits per heavy atom. The first-order chi connectivity index (χ1) is 15.9. The summed E-state index contributed by atoms with van der Waals surface area (Å²) in [6.45, 7) is 3.84. The van der Waals surface area contributed by atoms with Gasteiger partial charge in [0.05, 0.1) is 15.8 Å². The van der Waals surface area contributed by atoms with Gasteiger partial charge in [-0.3, -0.25) is 14.5 Å². The molecular formula is C25H19ClN2O4S. The molecule has 0 radical (unpaired) electrons. The van der Waals surface area contributed by atoms with Crippen molar-refractivity contribution in [2.24, 2.45) is 0 Å². The van der Waals surface area contributed by atoms with Gasteiger partial charge in [-0.15, -0.1) is 0 Å².